The number of rotatable bonds is 4. The van der Waals surface area contributed by atoms with Crippen LogP contribution in [-0.4, -0.2) is 35.4 Å². The zero-order chi connectivity index (χ0) is 22.1. The summed E-state index contributed by atoms with van der Waals surface area (Å²) in [5, 5.41) is 2.41. The van der Waals surface area contributed by atoms with Gasteiger partial charge in [0.15, 0.2) is 5.82 Å². The van der Waals surface area contributed by atoms with Crippen LogP contribution >= 0.6 is 0 Å². The molecule has 0 saturated heterocycles. The molecule has 1 aliphatic heterocycles. The monoisotopic (exact) mass is 422 g/mol. The number of hydrogen-bond acceptors (Lipinski definition) is 4. The number of aryl methyl sites for hydroxylation is 1. The van der Waals surface area contributed by atoms with Gasteiger partial charge in [-0.05, 0) is 60.2 Å². The van der Waals surface area contributed by atoms with Crippen LogP contribution in [0.3, 0.4) is 0 Å². The van der Waals surface area contributed by atoms with Crippen LogP contribution in [0.1, 0.15) is 43.0 Å². The molecule has 0 radical (unpaired) electrons. The van der Waals surface area contributed by atoms with Gasteiger partial charge >= 0.3 is 0 Å². The minimum absolute atomic E-state index is 0.0152. The second-order valence-corrected chi connectivity index (χ2v) is 7.41. The van der Waals surface area contributed by atoms with Gasteiger partial charge in [-0.25, -0.2) is 18.7 Å². The molecule has 0 fully saturated rings. The van der Waals surface area contributed by atoms with Crippen LogP contribution in [-0.2, 0) is 12.8 Å². The third-order valence-electron chi connectivity index (χ3n) is 5.39. The third-order valence-corrected chi connectivity index (χ3v) is 5.39. The van der Waals surface area contributed by atoms with Crippen molar-refractivity contribution in [3.8, 4) is 0 Å². The molecule has 3 aromatic rings. The molecule has 6 nitrogen and oxygen atoms in total. The van der Waals surface area contributed by atoms with Crippen LogP contribution in [0.25, 0.3) is 0 Å². The summed E-state index contributed by atoms with van der Waals surface area (Å²) in [7, 11) is 1.45. The molecule has 1 aromatic heterocycles. The Morgan fingerprint density at radius 2 is 1.90 bits per heavy atom. The van der Waals surface area contributed by atoms with E-state index in [1.165, 1.54) is 24.1 Å². The first-order valence-corrected chi connectivity index (χ1v) is 9.79. The lowest BCUT2D eigenvalue weighted by atomic mass is 9.91. The van der Waals surface area contributed by atoms with E-state index in [0.29, 0.717) is 30.5 Å². The van der Waals surface area contributed by atoms with E-state index in [9.17, 15) is 18.4 Å². The molecule has 8 heteroatoms. The molecule has 0 aliphatic carbocycles. The predicted molar refractivity (Wildman–Crippen MR) is 111 cm³/mol. The molecule has 2 aromatic carbocycles. The van der Waals surface area contributed by atoms with E-state index in [4.69, 9.17) is 0 Å². The number of amides is 2. The van der Waals surface area contributed by atoms with Crippen molar-refractivity contribution >= 4 is 17.8 Å². The largest absolute Gasteiger partial charge is 0.355 e. The summed E-state index contributed by atoms with van der Waals surface area (Å²) in [5.74, 6) is -1.74. The van der Waals surface area contributed by atoms with Crippen molar-refractivity contribution < 1.29 is 18.4 Å². The van der Waals surface area contributed by atoms with Gasteiger partial charge in [-0.1, -0.05) is 12.1 Å². The van der Waals surface area contributed by atoms with Crippen molar-refractivity contribution in [3.63, 3.8) is 0 Å². The molecule has 0 saturated carbocycles. The summed E-state index contributed by atoms with van der Waals surface area (Å²) in [6, 6.07) is 8.28. The topological polar surface area (TPSA) is 75.2 Å². The highest BCUT2D eigenvalue weighted by Crippen LogP contribution is 2.27. The molecule has 0 spiro atoms. The number of carbonyl (C=O) groups excluding carboxylic acids is 2. The molecular formula is C23H20F2N4O2. The normalized spacial score (nSPS) is 13.2. The lowest BCUT2D eigenvalue weighted by Crippen LogP contribution is -2.39. The van der Waals surface area contributed by atoms with E-state index in [1.807, 2.05) is 19.1 Å². The standard InChI is InChI=1S/C23H20F2N4O2/c1-13-7-15-5-6-29(23-27-11-17(24)12-28-23)22(31)19(15)10-16(13)8-14-3-4-18(20(25)9-14)21(30)26-2/h3-4,7,9-12H,5-6,8H2,1-2H3,(H,26,30). The number of nitrogens with one attached hydrogen (secondary N) is 1. The Bertz CT molecular complexity index is 1180. The van der Waals surface area contributed by atoms with Crippen LogP contribution in [0.4, 0.5) is 14.7 Å². The van der Waals surface area contributed by atoms with Gasteiger partial charge in [-0.3, -0.25) is 14.5 Å². The fourth-order valence-corrected chi connectivity index (χ4v) is 3.73. The highest BCUT2D eigenvalue weighted by atomic mass is 19.1. The highest BCUT2D eigenvalue weighted by molar-refractivity contribution is 6.07. The molecule has 0 atom stereocenters. The van der Waals surface area contributed by atoms with Gasteiger partial charge in [0, 0.05) is 19.2 Å². The number of hydrogen-bond donors (Lipinski definition) is 1. The minimum atomic E-state index is -0.594. The zero-order valence-corrected chi connectivity index (χ0v) is 17.1. The highest BCUT2D eigenvalue weighted by Gasteiger charge is 2.28. The first-order chi connectivity index (χ1) is 14.9. The number of halogens is 2. The van der Waals surface area contributed by atoms with Crippen LogP contribution in [0, 0.1) is 18.6 Å². The summed E-state index contributed by atoms with van der Waals surface area (Å²) in [6.45, 7) is 2.35. The van der Waals surface area contributed by atoms with E-state index in [0.717, 1.165) is 29.1 Å². The molecule has 2 amide bonds. The average Bonchev–Trinajstić information content (AvgIpc) is 2.75. The van der Waals surface area contributed by atoms with E-state index in [-0.39, 0.29) is 17.4 Å². The Morgan fingerprint density at radius 1 is 1.16 bits per heavy atom. The predicted octanol–water partition coefficient (Wildman–Crippen LogP) is 3.22. The molecule has 0 unspecified atom stereocenters. The van der Waals surface area contributed by atoms with Crippen LogP contribution in [0.15, 0.2) is 42.7 Å². The van der Waals surface area contributed by atoms with E-state index in [1.54, 1.807) is 6.07 Å². The Balaban J connectivity index is 1.63. The summed E-state index contributed by atoms with van der Waals surface area (Å²) >= 11 is 0. The molecular weight excluding hydrogens is 402 g/mol. The van der Waals surface area contributed by atoms with Gasteiger partial charge in [-0.2, -0.15) is 0 Å². The maximum absolute atomic E-state index is 14.3. The summed E-state index contributed by atoms with van der Waals surface area (Å²) in [6.07, 6.45) is 3.09. The van der Waals surface area contributed by atoms with Crippen molar-refractivity contribution in [3.05, 3.63) is 87.7 Å². The SMILES string of the molecule is CNC(=O)c1ccc(Cc2cc3c(cc2C)CCN(c2ncc(F)cn2)C3=O)cc1F. The summed E-state index contributed by atoms with van der Waals surface area (Å²) in [5.41, 5.74) is 4.00. The first kappa shape index (κ1) is 20.6. The number of fused-ring (bicyclic) bond motifs is 1. The van der Waals surface area contributed by atoms with Gasteiger partial charge in [0.1, 0.15) is 5.82 Å². The second-order valence-electron chi connectivity index (χ2n) is 7.41. The van der Waals surface area contributed by atoms with Crippen LogP contribution in [0.5, 0.6) is 0 Å². The zero-order valence-electron chi connectivity index (χ0n) is 17.1. The van der Waals surface area contributed by atoms with E-state index in [2.05, 4.69) is 15.3 Å². The van der Waals surface area contributed by atoms with Gasteiger partial charge in [0.2, 0.25) is 5.95 Å². The maximum Gasteiger partial charge on any atom is 0.260 e. The Kier molecular flexibility index (Phi) is 5.46. The number of carbonyl (C=O) groups is 2. The Labute approximate surface area is 177 Å². The molecule has 2 heterocycles. The van der Waals surface area contributed by atoms with Gasteiger partial charge < -0.3 is 5.32 Å². The Morgan fingerprint density at radius 3 is 2.58 bits per heavy atom. The maximum atomic E-state index is 14.3. The lowest BCUT2D eigenvalue weighted by molar-refractivity contribution is 0.0956. The van der Waals surface area contributed by atoms with Crippen LogP contribution < -0.4 is 10.2 Å². The summed E-state index contributed by atoms with van der Waals surface area (Å²) < 4.78 is 27.5. The summed E-state index contributed by atoms with van der Waals surface area (Å²) in [4.78, 5) is 34.0. The number of anilines is 1. The van der Waals surface area contributed by atoms with Gasteiger partial charge in [0.05, 0.1) is 18.0 Å². The second kappa shape index (κ2) is 8.22. The average molecular weight is 422 g/mol. The molecule has 4 rings (SSSR count). The number of nitrogens with zero attached hydrogens (tertiary/aromatic N) is 3. The van der Waals surface area contributed by atoms with E-state index >= 15 is 0 Å². The van der Waals surface area contributed by atoms with Crippen LogP contribution in [0.2, 0.25) is 0 Å². The van der Waals surface area contributed by atoms with Crippen molar-refractivity contribution in [1.82, 2.24) is 15.3 Å². The van der Waals surface area contributed by atoms with Crippen molar-refractivity contribution in [2.24, 2.45) is 0 Å². The van der Waals surface area contributed by atoms with Crippen molar-refractivity contribution in [2.75, 3.05) is 18.5 Å². The van der Waals surface area contributed by atoms with Gasteiger partial charge in [-0.15, -0.1) is 0 Å². The fourth-order valence-electron chi connectivity index (χ4n) is 3.73. The molecule has 31 heavy (non-hydrogen) atoms. The van der Waals surface area contributed by atoms with Crippen molar-refractivity contribution in [2.45, 2.75) is 19.8 Å². The number of benzene rings is 2. The van der Waals surface area contributed by atoms with Crippen molar-refractivity contribution in [1.29, 1.82) is 0 Å². The number of aromatic nitrogens is 2. The fraction of sp³-hybridized carbons (Fsp3) is 0.217. The first-order valence-electron chi connectivity index (χ1n) is 9.79. The Hall–Kier alpha value is -3.68. The molecule has 1 aliphatic rings. The third kappa shape index (κ3) is 4.01. The smallest absolute Gasteiger partial charge is 0.260 e. The molecule has 0 bridgehead atoms. The molecule has 158 valence electrons. The lowest BCUT2D eigenvalue weighted by Gasteiger charge is -2.27. The molecule has 1 N–H and O–H groups in total. The van der Waals surface area contributed by atoms with E-state index < -0.39 is 17.5 Å². The minimum Gasteiger partial charge on any atom is -0.355 e. The van der Waals surface area contributed by atoms with Gasteiger partial charge in [0.25, 0.3) is 11.8 Å². The quantitative estimate of drug-likeness (QED) is 0.701.